The Hall–Kier alpha value is -2.14. The monoisotopic (exact) mass is 271 g/mol. The Morgan fingerprint density at radius 2 is 2.35 bits per heavy atom. The van der Waals surface area contributed by atoms with Crippen molar-refractivity contribution in [1.29, 1.82) is 0 Å². The fourth-order valence-corrected chi connectivity index (χ4v) is 2.25. The molecule has 1 fully saturated rings. The number of nitrogens with two attached hydrogens (primary N) is 1. The van der Waals surface area contributed by atoms with Crippen molar-refractivity contribution in [3.8, 4) is 0 Å². The maximum atomic E-state index is 5.82. The van der Waals surface area contributed by atoms with Crippen molar-refractivity contribution in [3.63, 3.8) is 0 Å². The number of hydrogen-bond acceptors (Lipinski definition) is 4. The van der Waals surface area contributed by atoms with Gasteiger partial charge in [-0.25, -0.2) is 0 Å². The minimum absolute atomic E-state index is 0.0928. The van der Waals surface area contributed by atoms with Crippen LogP contribution in [0.1, 0.15) is 18.4 Å². The van der Waals surface area contributed by atoms with Crippen LogP contribution in [0.4, 0.5) is 0 Å². The van der Waals surface area contributed by atoms with Gasteiger partial charge in [0, 0.05) is 23.8 Å². The lowest BCUT2D eigenvalue weighted by Crippen LogP contribution is -2.28. The van der Waals surface area contributed by atoms with E-state index in [-0.39, 0.29) is 6.10 Å². The number of pyridine rings is 1. The number of oxime groups is 1. The molecular formula is C15H17N3O2. The van der Waals surface area contributed by atoms with Gasteiger partial charge < -0.3 is 15.3 Å². The standard InChI is InChI=1S/C15H17N3O2/c16-15(14-6-3-7-19-14)18-20-10-11-8-12-4-1-2-5-13(12)17-9-11/h1-2,4-5,8-9,14H,3,6-7,10H2,(H2,16,18). The van der Waals surface area contributed by atoms with E-state index in [1.807, 2.05) is 30.3 Å². The highest BCUT2D eigenvalue weighted by atomic mass is 16.6. The Balaban J connectivity index is 1.63. The molecule has 1 aromatic carbocycles. The van der Waals surface area contributed by atoms with Crippen LogP contribution in [-0.4, -0.2) is 23.5 Å². The molecule has 1 atom stereocenters. The van der Waals surface area contributed by atoms with Gasteiger partial charge in [-0.15, -0.1) is 0 Å². The van der Waals surface area contributed by atoms with Gasteiger partial charge in [0.25, 0.3) is 0 Å². The van der Waals surface area contributed by atoms with E-state index in [2.05, 4.69) is 10.1 Å². The summed E-state index contributed by atoms with van der Waals surface area (Å²) in [5.74, 6) is 0.413. The van der Waals surface area contributed by atoms with E-state index in [1.165, 1.54) is 0 Å². The Morgan fingerprint density at radius 1 is 1.45 bits per heavy atom. The molecule has 5 nitrogen and oxygen atoms in total. The summed E-state index contributed by atoms with van der Waals surface area (Å²) in [5.41, 5.74) is 7.75. The van der Waals surface area contributed by atoms with Gasteiger partial charge in [0.2, 0.25) is 0 Å². The zero-order valence-electron chi connectivity index (χ0n) is 11.2. The molecular weight excluding hydrogens is 254 g/mol. The highest BCUT2D eigenvalue weighted by Gasteiger charge is 2.19. The van der Waals surface area contributed by atoms with Crippen LogP contribution in [0.25, 0.3) is 10.9 Å². The van der Waals surface area contributed by atoms with E-state index < -0.39 is 0 Å². The molecule has 20 heavy (non-hydrogen) atoms. The predicted molar refractivity (Wildman–Crippen MR) is 77.1 cm³/mol. The third kappa shape index (κ3) is 2.88. The van der Waals surface area contributed by atoms with Crippen molar-refractivity contribution >= 4 is 16.7 Å². The molecule has 0 amide bonds. The number of ether oxygens (including phenoxy) is 1. The molecule has 2 heterocycles. The van der Waals surface area contributed by atoms with Gasteiger partial charge in [0.05, 0.1) is 5.52 Å². The van der Waals surface area contributed by atoms with Crippen LogP contribution in [-0.2, 0) is 16.2 Å². The topological polar surface area (TPSA) is 69.7 Å². The predicted octanol–water partition coefficient (Wildman–Crippen LogP) is 2.20. The third-order valence-electron chi connectivity index (χ3n) is 3.31. The molecule has 104 valence electrons. The second-order valence-corrected chi connectivity index (χ2v) is 4.83. The van der Waals surface area contributed by atoms with Crippen molar-refractivity contribution in [2.75, 3.05) is 6.61 Å². The van der Waals surface area contributed by atoms with Gasteiger partial charge in [-0.3, -0.25) is 4.98 Å². The summed E-state index contributed by atoms with van der Waals surface area (Å²) in [4.78, 5) is 9.66. The molecule has 1 aromatic heterocycles. The summed E-state index contributed by atoms with van der Waals surface area (Å²) >= 11 is 0. The van der Waals surface area contributed by atoms with E-state index in [0.29, 0.717) is 12.4 Å². The Labute approximate surface area is 117 Å². The van der Waals surface area contributed by atoms with Crippen LogP contribution in [0.3, 0.4) is 0 Å². The summed E-state index contributed by atoms with van der Waals surface area (Å²) in [7, 11) is 0. The maximum Gasteiger partial charge on any atom is 0.168 e. The van der Waals surface area contributed by atoms with E-state index >= 15 is 0 Å². The van der Waals surface area contributed by atoms with Gasteiger partial charge in [0.15, 0.2) is 5.84 Å². The molecule has 1 aliphatic rings. The van der Waals surface area contributed by atoms with E-state index in [0.717, 1.165) is 35.9 Å². The quantitative estimate of drug-likeness (QED) is 0.526. The molecule has 2 aromatic rings. The number of para-hydroxylation sites is 1. The molecule has 3 rings (SSSR count). The minimum atomic E-state index is -0.0928. The molecule has 0 spiro atoms. The Kier molecular flexibility index (Phi) is 3.78. The van der Waals surface area contributed by atoms with Crippen LogP contribution in [0.2, 0.25) is 0 Å². The average molecular weight is 271 g/mol. The number of benzene rings is 1. The highest BCUT2D eigenvalue weighted by Crippen LogP contribution is 2.14. The lowest BCUT2D eigenvalue weighted by molar-refractivity contribution is 0.116. The lowest BCUT2D eigenvalue weighted by atomic mass is 10.2. The van der Waals surface area contributed by atoms with Crippen LogP contribution in [0.15, 0.2) is 41.7 Å². The molecule has 0 radical (unpaired) electrons. The van der Waals surface area contributed by atoms with Crippen molar-refractivity contribution in [2.24, 2.45) is 10.9 Å². The first-order valence-corrected chi connectivity index (χ1v) is 6.73. The van der Waals surface area contributed by atoms with Gasteiger partial charge in [-0.05, 0) is 25.0 Å². The zero-order chi connectivity index (χ0) is 13.8. The molecule has 0 saturated carbocycles. The molecule has 1 saturated heterocycles. The summed E-state index contributed by atoms with van der Waals surface area (Å²) in [6, 6.07) is 10.0. The second-order valence-electron chi connectivity index (χ2n) is 4.83. The zero-order valence-corrected chi connectivity index (χ0v) is 11.2. The van der Waals surface area contributed by atoms with Crippen LogP contribution >= 0.6 is 0 Å². The van der Waals surface area contributed by atoms with Crippen molar-refractivity contribution in [2.45, 2.75) is 25.6 Å². The summed E-state index contributed by atoms with van der Waals surface area (Å²) in [5, 5.41) is 5.01. The first-order valence-electron chi connectivity index (χ1n) is 6.73. The number of hydrogen-bond donors (Lipinski definition) is 1. The number of rotatable bonds is 4. The SMILES string of the molecule is N/C(=N\OCc1cnc2ccccc2c1)C1CCCO1. The fourth-order valence-electron chi connectivity index (χ4n) is 2.25. The molecule has 0 bridgehead atoms. The fraction of sp³-hybridized carbons (Fsp3) is 0.333. The van der Waals surface area contributed by atoms with Crippen LogP contribution in [0.5, 0.6) is 0 Å². The number of fused-ring (bicyclic) bond motifs is 1. The largest absolute Gasteiger partial charge is 0.389 e. The number of aromatic nitrogens is 1. The highest BCUT2D eigenvalue weighted by molar-refractivity contribution is 5.84. The smallest absolute Gasteiger partial charge is 0.168 e. The van der Waals surface area contributed by atoms with E-state index in [4.69, 9.17) is 15.3 Å². The minimum Gasteiger partial charge on any atom is -0.389 e. The molecule has 1 unspecified atom stereocenters. The molecule has 1 aliphatic heterocycles. The molecule has 2 N–H and O–H groups in total. The lowest BCUT2D eigenvalue weighted by Gasteiger charge is -2.08. The second kappa shape index (κ2) is 5.88. The summed E-state index contributed by atoms with van der Waals surface area (Å²) < 4.78 is 5.43. The molecule has 0 aliphatic carbocycles. The Morgan fingerprint density at radius 3 is 3.20 bits per heavy atom. The summed E-state index contributed by atoms with van der Waals surface area (Å²) in [6.07, 6.45) is 3.64. The first kappa shape index (κ1) is 12.9. The summed E-state index contributed by atoms with van der Waals surface area (Å²) in [6.45, 7) is 1.10. The number of amidine groups is 1. The van der Waals surface area contributed by atoms with Gasteiger partial charge >= 0.3 is 0 Å². The molecule has 5 heteroatoms. The van der Waals surface area contributed by atoms with Gasteiger partial charge in [-0.1, -0.05) is 23.4 Å². The number of nitrogens with zero attached hydrogens (tertiary/aromatic N) is 2. The van der Waals surface area contributed by atoms with Gasteiger partial charge in [0.1, 0.15) is 12.7 Å². The maximum absolute atomic E-state index is 5.82. The van der Waals surface area contributed by atoms with Gasteiger partial charge in [-0.2, -0.15) is 0 Å². The van der Waals surface area contributed by atoms with E-state index in [9.17, 15) is 0 Å². The Bertz CT molecular complexity index is 621. The first-order chi connectivity index (χ1) is 9.83. The normalized spacial score (nSPS) is 19.4. The van der Waals surface area contributed by atoms with Crippen molar-refractivity contribution in [3.05, 3.63) is 42.1 Å². The van der Waals surface area contributed by atoms with Crippen LogP contribution in [0, 0.1) is 0 Å². The van der Waals surface area contributed by atoms with Crippen molar-refractivity contribution in [1.82, 2.24) is 4.98 Å². The van der Waals surface area contributed by atoms with E-state index in [1.54, 1.807) is 6.20 Å². The van der Waals surface area contributed by atoms with Crippen molar-refractivity contribution < 1.29 is 9.57 Å². The van der Waals surface area contributed by atoms with Crippen LogP contribution < -0.4 is 5.73 Å². The third-order valence-corrected chi connectivity index (χ3v) is 3.31. The average Bonchev–Trinajstić information content (AvgIpc) is 3.01.